The van der Waals surface area contributed by atoms with Crippen LogP contribution in [0.25, 0.3) is 12.2 Å². The number of carbonyl (C=O) groups is 2. The van der Waals surface area contributed by atoms with Gasteiger partial charge in [0, 0.05) is 11.4 Å². The molecule has 0 aliphatic heterocycles. The van der Waals surface area contributed by atoms with Gasteiger partial charge in [-0.25, -0.2) is 9.59 Å². The molecule has 4 aromatic carbocycles. The van der Waals surface area contributed by atoms with Crippen LogP contribution in [0.2, 0.25) is 0 Å². The van der Waals surface area contributed by atoms with Gasteiger partial charge in [0.1, 0.15) is 13.2 Å². The Kier molecular flexibility index (Phi) is 10.9. The molecule has 4 aromatic rings. The van der Waals surface area contributed by atoms with E-state index in [4.69, 9.17) is 20.9 Å². The standard InChI is InChI=1S/2C16H15NO2/c2*17-15-11-5-4-10-14(15)16(18)19-12-6-9-13-7-2-1-3-8-13/h2*1-11H,12,17H2/b9-6+;. The van der Waals surface area contributed by atoms with Gasteiger partial charge < -0.3 is 20.9 Å². The summed E-state index contributed by atoms with van der Waals surface area (Å²) in [5.74, 6) is -0.813. The van der Waals surface area contributed by atoms with Gasteiger partial charge in [-0.2, -0.15) is 0 Å². The lowest BCUT2D eigenvalue weighted by Gasteiger charge is -2.04. The van der Waals surface area contributed by atoms with E-state index < -0.39 is 11.9 Å². The zero-order chi connectivity index (χ0) is 27.0. The van der Waals surface area contributed by atoms with E-state index in [-0.39, 0.29) is 13.2 Å². The van der Waals surface area contributed by atoms with E-state index in [9.17, 15) is 9.59 Å². The molecular weight excluding hydrogens is 476 g/mol. The summed E-state index contributed by atoms with van der Waals surface area (Å²) in [5.41, 5.74) is 15.2. The van der Waals surface area contributed by atoms with E-state index in [2.05, 4.69) is 0 Å². The molecule has 0 aromatic heterocycles. The molecule has 0 bridgehead atoms. The minimum Gasteiger partial charge on any atom is -0.458 e. The largest absolute Gasteiger partial charge is 0.458 e. The topological polar surface area (TPSA) is 105 Å². The van der Waals surface area contributed by atoms with Gasteiger partial charge >= 0.3 is 11.9 Å². The van der Waals surface area contributed by atoms with Gasteiger partial charge in [0.2, 0.25) is 0 Å². The number of hydrogen-bond donors (Lipinski definition) is 2. The van der Waals surface area contributed by atoms with Crippen LogP contribution >= 0.6 is 0 Å². The highest BCUT2D eigenvalue weighted by Crippen LogP contribution is 2.13. The molecule has 192 valence electrons. The van der Waals surface area contributed by atoms with Crippen molar-refractivity contribution in [1.29, 1.82) is 0 Å². The van der Waals surface area contributed by atoms with Crippen LogP contribution in [0.4, 0.5) is 11.4 Å². The smallest absolute Gasteiger partial charge is 0.340 e. The highest BCUT2D eigenvalue weighted by Gasteiger charge is 2.09. The molecule has 0 saturated carbocycles. The van der Waals surface area contributed by atoms with Gasteiger partial charge in [-0.15, -0.1) is 0 Å². The van der Waals surface area contributed by atoms with Crippen LogP contribution in [-0.4, -0.2) is 25.2 Å². The molecule has 0 unspecified atom stereocenters. The van der Waals surface area contributed by atoms with E-state index >= 15 is 0 Å². The van der Waals surface area contributed by atoms with E-state index in [0.29, 0.717) is 22.5 Å². The second-order valence-corrected chi connectivity index (χ2v) is 8.00. The number of carbonyl (C=O) groups excluding carboxylic acids is 2. The van der Waals surface area contributed by atoms with Gasteiger partial charge in [-0.05, 0) is 47.5 Å². The number of esters is 2. The second-order valence-electron chi connectivity index (χ2n) is 8.00. The molecule has 0 aliphatic rings. The van der Waals surface area contributed by atoms with Crippen LogP contribution in [-0.2, 0) is 9.47 Å². The SMILES string of the molecule is Nc1ccccc1C(=O)OC/C=C/c1ccccc1.Nc1ccccc1C(=O)OCC=Cc1ccccc1. The van der Waals surface area contributed by atoms with Gasteiger partial charge in [-0.3, -0.25) is 0 Å². The Morgan fingerprint density at radius 2 is 0.868 bits per heavy atom. The fraction of sp³-hybridized carbons (Fsp3) is 0.0625. The minimum absolute atomic E-state index is 0.224. The molecule has 6 heteroatoms. The van der Waals surface area contributed by atoms with Crippen molar-refractivity contribution in [2.75, 3.05) is 24.7 Å². The van der Waals surface area contributed by atoms with Gasteiger partial charge in [-0.1, -0.05) is 97.1 Å². The summed E-state index contributed by atoms with van der Waals surface area (Å²) in [6, 6.07) is 33.4. The molecule has 0 fully saturated rings. The van der Waals surface area contributed by atoms with E-state index in [0.717, 1.165) is 11.1 Å². The van der Waals surface area contributed by atoms with Gasteiger partial charge in [0.05, 0.1) is 11.1 Å². The number of rotatable bonds is 8. The maximum Gasteiger partial charge on any atom is 0.340 e. The van der Waals surface area contributed by atoms with Crippen LogP contribution < -0.4 is 11.5 Å². The first-order valence-electron chi connectivity index (χ1n) is 12.0. The van der Waals surface area contributed by atoms with E-state index in [1.54, 1.807) is 60.7 Å². The van der Waals surface area contributed by atoms with Crippen LogP contribution in [0.5, 0.6) is 0 Å². The Morgan fingerprint density at radius 3 is 1.24 bits per heavy atom. The summed E-state index contributed by atoms with van der Waals surface area (Å²) < 4.78 is 10.2. The summed E-state index contributed by atoms with van der Waals surface area (Å²) in [5, 5.41) is 0. The average Bonchev–Trinajstić information content (AvgIpc) is 2.95. The summed E-state index contributed by atoms with van der Waals surface area (Å²) in [7, 11) is 0. The third-order valence-corrected chi connectivity index (χ3v) is 5.20. The summed E-state index contributed by atoms with van der Waals surface area (Å²) in [4.78, 5) is 23.5. The fourth-order valence-electron chi connectivity index (χ4n) is 3.27. The summed E-state index contributed by atoms with van der Waals surface area (Å²) in [6.07, 6.45) is 7.40. The number of nitrogens with two attached hydrogens (primary N) is 2. The molecule has 38 heavy (non-hydrogen) atoms. The van der Waals surface area contributed by atoms with Gasteiger partial charge in [0.15, 0.2) is 0 Å². The summed E-state index contributed by atoms with van der Waals surface area (Å²) in [6.45, 7) is 0.449. The van der Waals surface area contributed by atoms with Crippen LogP contribution in [0.3, 0.4) is 0 Å². The molecule has 0 atom stereocenters. The maximum absolute atomic E-state index is 11.7. The Morgan fingerprint density at radius 1 is 0.526 bits per heavy atom. The van der Waals surface area contributed by atoms with Crippen LogP contribution in [0.15, 0.2) is 121 Å². The molecule has 6 nitrogen and oxygen atoms in total. The maximum atomic E-state index is 11.7. The summed E-state index contributed by atoms with van der Waals surface area (Å²) >= 11 is 0. The number of ether oxygens (including phenoxy) is 2. The Hall–Kier alpha value is -5.10. The molecule has 4 rings (SSSR count). The molecular formula is C32H30N2O4. The molecule has 0 aliphatic carbocycles. The zero-order valence-corrected chi connectivity index (χ0v) is 20.9. The predicted octanol–water partition coefficient (Wildman–Crippen LogP) is 6.28. The fourth-order valence-corrected chi connectivity index (χ4v) is 3.27. The number of nitrogen functional groups attached to an aromatic ring is 2. The van der Waals surface area contributed by atoms with Crippen LogP contribution in [0.1, 0.15) is 31.8 Å². The first-order valence-corrected chi connectivity index (χ1v) is 12.0. The van der Waals surface area contributed by atoms with E-state index in [1.165, 1.54) is 0 Å². The van der Waals surface area contributed by atoms with Gasteiger partial charge in [0.25, 0.3) is 0 Å². The quantitative estimate of drug-likeness (QED) is 0.215. The predicted molar refractivity (Wildman–Crippen MR) is 153 cm³/mol. The number of para-hydroxylation sites is 2. The average molecular weight is 507 g/mol. The van der Waals surface area contributed by atoms with Crippen molar-refractivity contribution >= 4 is 35.5 Å². The van der Waals surface area contributed by atoms with Crippen molar-refractivity contribution in [3.05, 3.63) is 144 Å². The van der Waals surface area contributed by atoms with E-state index in [1.807, 2.05) is 72.8 Å². The van der Waals surface area contributed by atoms with Crippen molar-refractivity contribution in [2.45, 2.75) is 0 Å². The van der Waals surface area contributed by atoms with Crippen molar-refractivity contribution in [2.24, 2.45) is 0 Å². The first-order chi connectivity index (χ1) is 18.5. The Bertz CT molecular complexity index is 1260. The minimum atomic E-state index is -0.407. The Balaban J connectivity index is 0.000000211. The van der Waals surface area contributed by atoms with Crippen molar-refractivity contribution < 1.29 is 19.1 Å². The Labute approximate surface area is 222 Å². The van der Waals surface area contributed by atoms with Crippen molar-refractivity contribution in [3.8, 4) is 0 Å². The highest BCUT2D eigenvalue weighted by atomic mass is 16.5. The lowest BCUT2D eigenvalue weighted by atomic mass is 10.2. The lowest BCUT2D eigenvalue weighted by Crippen LogP contribution is -2.07. The second kappa shape index (κ2) is 15.1. The highest BCUT2D eigenvalue weighted by molar-refractivity contribution is 5.95. The third-order valence-electron chi connectivity index (χ3n) is 5.20. The van der Waals surface area contributed by atoms with Crippen molar-refractivity contribution in [1.82, 2.24) is 0 Å². The number of anilines is 2. The molecule has 0 radical (unpaired) electrons. The van der Waals surface area contributed by atoms with Crippen LogP contribution in [0, 0.1) is 0 Å². The third kappa shape index (κ3) is 9.17. The number of benzene rings is 4. The lowest BCUT2D eigenvalue weighted by molar-refractivity contribution is 0.0542. The molecule has 0 heterocycles. The molecule has 0 spiro atoms. The molecule has 4 N–H and O–H groups in total. The molecule has 0 saturated heterocycles. The molecule has 0 amide bonds. The zero-order valence-electron chi connectivity index (χ0n) is 20.9. The normalized spacial score (nSPS) is 10.5. The number of hydrogen-bond acceptors (Lipinski definition) is 6. The monoisotopic (exact) mass is 506 g/mol. The first kappa shape index (κ1) is 27.5. The van der Waals surface area contributed by atoms with Crippen molar-refractivity contribution in [3.63, 3.8) is 0 Å².